The van der Waals surface area contributed by atoms with Crippen LogP contribution in [0.5, 0.6) is 5.75 Å². The average Bonchev–Trinajstić information content (AvgIpc) is 3.03. The lowest BCUT2D eigenvalue weighted by Crippen LogP contribution is -2.25. The molecule has 0 bridgehead atoms. The zero-order valence-electron chi connectivity index (χ0n) is 14.0. The number of nitrogens with zero attached hydrogens (tertiary/aromatic N) is 2. The highest BCUT2D eigenvalue weighted by molar-refractivity contribution is 5.96. The number of anilines is 1. The van der Waals surface area contributed by atoms with Crippen LogP contribution in [0.4, 0.5) is 5.69 Å². The van der Waals surface area contributed by atoms with Crippen molar-refractivity contribution in [1.29, 1.82) is 0 Å². The van der Waals surface area contributed by atoms with Gasteiger partial charge in [-0.3, -0.25) is 9.59 Å². The van der Waals surface area contributed by atoms with Crippen molar-refractivity contribution in [2.24, 2.45) is 12.8 Å². The molecule has 0 saturated heterocycles. The maximum atomic E-state index is 11.5. The molecular formula is C19H16N4O3. The molecule has 26 heavy (non-hydrogen) atoms. The summed E-state index contributed by atoms with van der Waals surface area (Å²) in [4.78, 5) is 27.4. The van der Waals surface area contributed by atoms with Gasteiger partial charge in [-0.15, -0.1) is 0 Å². The van der Waals surface area contributed by atoms with Crippen molar-refractivity contribution in [3.05, 3.63) is 54.4 Å². The third-order valence-corrected chi connectivity index (χ3v) is 4.25. The van der Waals surface area contributed by atoms with Crippen LogP contribution in [-0.2, 0) is 11.8 Å². The molecule has 0 saturated carbocycles. The van der Waals surface area contributed by atoms with Gasteiger partial charge >= 0.3 is 0 Å². The molecule has 4 rings (SSSR count). The van der Waals surface area contributed by atoms with Gasteiger partial charge in [0.05, 0.1) is 23.4 Å². The molecule has 2 heterocycles. The quantitative estimate of drug-likeness (QED) is 0.758. The van der Waals surface area contributed by atoms with Gasteiger partial charge in [-0.2, -0.15) is 0 Å². The highest BCUT2D eigenvalue weighted by atomic mass is 16.5. The Kier molecular flexibility index (Phi) is 3.69. The van der Waals surface area contributed by atoms with E-state index in [1.807, 2.05) is 29.8 Å². The molecule has 0 aliphatic carbocycles. The monoisotopic (exact) mass is 348 g/mol. The van der Waals surface area contributed by atoms with Crippen LogP contribution in [0.15, 0.2) is 48.8 Å². The van der Waals surface area contributed by atoms with Crippen LogP contribution in [0.1, 0.15) is 10.4 Å². The third kappa shape index (κ3) is 2.69. The number of carbonyl (C=O) groups is 2. The number of fused-ring (bicyclic) bond motifs is 1. The van der Waals surface area contributed by atoms with E-state index in [4.69, 9.17) is 10.5 Å². The molecule has 3 aromatic rings. The SMILES string of the molecule is Cn1cnc(-c2cccc(C(N)=O)c2)c1-c1ccc2c(c1)OCC(=O)N2. The minimum Gasteiger partial charge on any atom is -0.482 e. The fourth-order valence-corrected chi connectivity index (χ4v) is 3.02. The Balaban J connectivity index is 1.82. The summed E-state index contributed by atoms with van der Waals surface area (Å²) in [5.41, 5.74) is 9.74. The van der Waals surface area contributed by atoms with Crippen molar-refractivity contribution >= 4 is 17.5 Å². The molecular weight excluding hydrogens is 332 g/mol. The van der Waals surface area contributed by atoms with E-state index in [0.29, 0.717) is 17.0 Å². The summed E-state index contributed by atoms with van der Waals surface area (Å²) in [6.45, 7) is -0.00461. The van der Waals surface area contributed by atoms with Crippen LogP contribution < -0.4 is 15.8 Å². The van der Waals surface area contributed by atoms with E-state index in [0.717, 1.165) is 22.5 Å². The topological polar surface area (TPSA) is 99.2 Å². The molecule has 7 heteroatoms. The van der Waals surface area contributed by atoms with Gasteiger partial charge in [0.1, 0.15) is 5.75 Å². The highest BCUT2D eigenvalue weighted by Crippen LogP contribution is 2.36. The Hall–Kier alpha value is -3.61. The summed E-state index contributed by atoms with van der Waals surface area (Å²) in [7, 11) is 1.89. The van der Waals surface area contributed by atoms with E-state index in [2.05, 4.69) is 10.3 Å². The number of rotatable bonds is 3. The number of imidazole rings is 1. The lowest BCUT2D eigenvalue weighted by molar-refractivity contribution is -0.118. The Bertz CT molecular complexity index is 1040. The Morgan fingerprint density at radius 1 is 1.23 bits per heavy atom. The number of amides is 2. The van der Waals surface area contributed by atoms with Crippen molar-refractivity contribution in [2.75, 3.05) is 11.9 Å². The number of primary amides is 1. The summed E-state index contributed by atoms with van der Waals surface area (Å²) in [5.74, 6) is -0.0443. The van der Waals surface area contributed by atoms with Gasteiger partial charge in [-0.05, 0) is 24.3 Å². The summed E-state index contributed by atoms with van der Waals surface area (Å²) < 4.78 is 7.41. The fourth-order valence-electron chi connectivity index (χ4n) is 3.02. The molecule has 1 aliphatic rings. The van der Waals surface area contributed by atoms with Gasteiger partial charge < -0.3 is 20.4 Å². The van der Waals surface area contributed by atoms with Crippen LogP contribution in [0.2, 0.25) is 0 Å². The molecule has 0 spiro atoms. The Labute approximate surface area is 149 Å². The molecule has 0 unspecified atom stereocenters. The molecule has 1 aromatic heterocycles. The number of ether oxygens (including phenoxy) is 1. The average molecular weight is 348 g/mol. The molecule has 2 aromatic carbocycles. The van der Waals surface area contributed by atoms with E-state index in [1.54, 1.807) is 30.6 Å². The van der Waals surface area contributed by atoms with Crippen LogP contribution in [0.25, 0.3) is 22.5 Å². The lowest BCUT2D eigenvalue weighted by Gasteiger charge is -2.19. The number of carbonyl (C=O) groups excluding carboxylic acids is 2. The number of aromatic nitrogens is 2. The zero-order chi connectivity index (χ0) is 18.3. The smallest absolute Gasteiger partial charge is 0.262 e. The van der Waals surface area contributed by atoms with Crippen LogP contribution in [-0.4, -0.2) is 28.0 Å². The summed E-state index contributed by atoms with van der Waals surface area (Å²) in [6, 6.07) is 12.6. The molecule has 3 N–H and O–H groups in total. The predicted octanol–water partition coefficient (Wildman–Crippen LogP) is 2.18. The van der Waals surface area contributed by atoms with E-state index in [1.165, 1.54) is 0 Å². The normalized spacial score (nSPS) is 12.9. The molecule has 0 atom stereocenters. The largest absolute Gasteiger partial charge is 0.482 e. The van der Waals surface area contributed by atoms with E-state index >= 15 is 0 Å². The molecule has 130 valence electrons. The van der Waals surface area contributed by atoms with Crippen LogP contribution in [0.3, 0.4) is 0 Å². The third-order valence-electron chi connectivity index (χ3n) is 4.25. The zero-order valence-corrected chi connectivity index (χ0v) is 14.0. The maximum Gasteiger partial charge on any atom is 0.262 e. The van der Waals surface area contributed by atoms with Crippen molar-refractivity contribution in [3.63, 3.8) is 0 Å². The van der Waals surface area contributed by atoms with Gasteiger partial charge in [-0.1, -0.05) is 18.2 Å². The van der Waals surface area contributed by atoms with E-state index in [-0.39, 0.29) is 12.5 Å². The van der Waals surface area contributed by atoms with Crippen molar-refractivity contribution in [1.82, 2.24) is 9.55 Å². The first-order chi connectivity index (χ1) is 12.5. The van der Waals surface area contributed by atoms with Gasteiger partial charge in [0, 0.05) is 23.7 Å². The van der Waals surface area contributed by atoms with E-state index < -0.39 is 5.91 Å². The molecule has 0 radical (unpaired) electrons. The number of aryl methyl sites for hydroxylation is 1. The molecule has 7 nitrogen and oxygen atoms in total. The van der Waals surface area contributed by atoms with Gasteiger partial charge in [0.25, 0.3) is 5.91 Å². The van der Waals surface area contributed by atoms with Crippen molar-refractivity contribution < 1.29 is 14.3 Å². The van der Waals surface area contributed by atoms with E-state index in [9.17, 15) is 9.59 Å². The van der Waals surface area contributed by atoms with Crippen molar-refractivity contribution in [3.8, 4) is 28.3 Å². The molecule has 1 aliphatic heterocycles. The fraction of sp³-hybridized carbons (Fsp3) is 0.105. The van der Waals surface area contributed by atoms with Gasteiger partial charge in [-0.25, -0.2) is 4.98 Å². The van der Waals surface area contributed by atoms with Crippen LogP contribution in [0, 0.1) is 0 Å². The second-order valence-corrected chi connectivity index (χ2v) is 6.05. The summed E-state index contributed by atoms with van der Waals surface area (Å²) in [6.07, 6.45) is 1.71. The number of benzene rings is 2. The summed E-state index contributed by atoms with van der Waals surface area (Å²) >= 11 is 0. The lowest BCUT2D eigenvalue weighted by atomic mass is 10.0. The molecule has 2 amide bonds. The maximum absolute atomic E-state index is 11.5. The van der Waals surface area contributed by atoms with Crippen LogP contribution >= 0.6 is 0 Å². The van der Waals surface area contributed by atoms with Crippen molar-refractivity contribution in [2.45, 2.75) is 0 Å². The summed E-state index contributed by atoms with van der Waals surface area (Å²) in [5, 5.41) is 2.78. The highest BCUT2D eigenvalue weighted by Gasteiger charge is 2.19. The number of hydrogen-bond acceptors (Lipinski definition) is 4. The number of nitrogens with one attached hydrogen (secondary N) is 1. The second-order valence-electron chi connectivity index (χ2n) is 6.05. The number of hydrogen-bond donors (Lipinski definition) is 2. The Morgan fingerprint density at radius 3 is 2.88 bits per heavy atom. The first-order valence-corrected chi connectivity index (χ1v) is 8.01. The minimum atomic E-state index is -0.484. The first kappa shape index (κ1) is 15.9. The standard InChI is InChI=1S/C19H16N4O3/c1-23-10-21-17(11-3-2-4-13(7-11)19(20)25)18(23)12-5-6-14-15(8-12)26-9-16(24)22-14/h2-8,10H,9H2,1H3,(H2,20,25)(H,22,24). The minimum absolute atomic E-state index is 0.00461. The first-order valence-electron chi connectivity index (χ1n) is 8.01. The predicted molar refractivity (Wildman–Crippen MR) is 96.7 cm³/mol. The Morgan fingerprint density at radius 2 is 2.08 bits per heavy atom. The van der Waals surface area contributed by atoms with Gasteiger partial charge in [0.2, 0.25) is 5.91 Å². The number of nitrogens with two attached hydrogens (primary N) is 1. The second kappa shape index (κ2) is 6.03. The van der Waals surface area contributed by atoms with Gasteiger partial charge in [0.15, 0.2) is 6.61 Å². The molecule has 0 fully saturated rings.